The maximum absolute atomic E-state index is 12.6. The number of hydrogen-bond acceptors (Lipinski definition) is 4. The van der Waals surface area contributed by atoms with Gasteiger partial charge in [-0.3, -0.25) is 4.79 Å². The van der Waals surface area contributed by atoms with Crippen molar-refractivity contribution >= 4 is 5.91 Å². The van der Waals surface area contributed by atoms with Crippen LogP contribution in [0.15, 0.2) is 66.9 Å². The number of hydrogen-bond donors (Lipinski definition) is 1. The number of carbonyl (C=O) groups is 1. The van der Waals surface area contributed by atoms with E-state index in [4.69, 9.17) is 4.74 Å². The van der Waals surface area contributed by atoms with Gasteiger partial charge in [-0.15, -0.1) is 5.10 Å². The number of benzene rings is 2. The highest BCUT2D eigenvalue weighted by atomic mass is 16.5. The van der Waals surface area contributed by atoms with E-state index < -0.39 is 6.10 Å². The molecule has 3 rings (SSSR count). The Morgan fingerprint density at radius 3 is 2.34 bits per heavy atom. The van der Waals surface area contributed by atoms with Gasteiger partial charge in [-0.05, 0) is 45.6 Å². The van der Waals surface area contributed by atoms with E-state index in [0.29, 0.717) is 12.4 Å². The largest absolute Gasteiger partial charge is 0.463 e. The number of likely N-dealkylation sites (N-methyl/N-ethyl adjacent to an activating group) is 1. The van der Waals surface area contributed by atoms with E-state index in [1.165, 1.54) is 0 Å². The summed E-state index contributed by atoms with van der Waals surface area (Å²) in [7, 11) is 4.01. The lowest BCUT2D eigenvalue weighted by Gasteiger charge is -2.25. The monoisotopic (exact) mass is 392 g/mol. The molecule has 2 aromatic carbocycles. The van der Waals surface area contributed by atoms with Gasteiger partial charge < -0.3 is 15.0 Å². The molecule has 0 unspecified atom stereocenters. The molecule has 0 spiro atoms. The summed E-state index contributed by atoms with van der Waals surface area (Å²) in [6, 6.07) is 20.0. The van der Waals surface area contributed by atoms with Gasteiger partial charge in [-0.25, -0.2) is 4.68 Å². The second kappa shape index (κ2) is 9.39. The smallest absolute Gasteiger partial charge is 0.260 e. The minimum Gasteiger partial charge on any atom is -0.463 e. The minimum absolute atomic E-state index is 0.0892. The zero-order chi connectivity index (χ0) is 20.8. The maximum atomic E-state index is 12.6. The molecule has 0 aliphatic heterocycles. The fourth-order valence-electron chi connectivity index (χ4n) is 3.11. The third kappa shape index (κ3) is 5.23. The van der Waals surface area contributed by atoms with Crippen LogP contribution in [0.1, 0.15) is 24.1 Å². The molecule has 2 atom stereocenters. The Hall–Kier alpha value is -3.12. The second-order valence-corrected chi connectivity index (χ2v) is 7.29. The highest BCUT2D eigenvalue weighted by molar-refractivity contribution is 5.80. The lowest BCUT2D eigenvalue weighted by Crippen LogP contribution is -2.41. The number of nitrogens with one attached hydrogen (secondary N) is 1. The Morgan fingerprint density at radius 2 is 1.72 bits per heavy atom. The van der Waals surface area contributed by atoms with Crippen molar-refractivity contribution < 1.29 is 9.53 Å². The van der Waals surface area contributed by atoms with Crippen LogP contribution in [-0.4, -0.2) is 47.3 Å². The van der Waals surface area contributed by atoms with Gasteiger partial charge in [0.2, 0.25) is 5.88 Å². The number of ether oxygens (including phenoxy) is 1. The van der Waals surface area contributed by atoms with Crippen LogP contribution in [0.25, 0.3) is 5.69 Å². The summed E-state index contributed by atoms with van der Waals surface area (Å²) in [5.74, 6) is 0.296. The molecule has 1 N–H and O–H groups in total. The number of carbonyl (C=O) groups excluding carboxylic acids is 1. The number of rotatable bonds is 8. The molecule has 0 aliphatic rings. The van der Waals surface area contributed by atoms with Crippen LogP contribution < -0.4 is 10.1 Å². The van der Waals surface area contributed by atoms with Crippen molar-refractivity contribution in [3.05, 3.63) is 78.0 Å². The van der Waals surface area contributed by atoms with E-state index in [0.717, 1.165) is 16.8 Å². The van der Waals surface area contributed by atoms with Gasteiger partial charge in [-0.2, -0.15) is 0 Å². The molecule has 152 valence electrons. The molecule has 0 saturated heterocycles. The Balaban J connectivity index is 1.61. The molecule has 0 bridgehead atoms. The lowest BCUT2D eigenvalue weighted by atomic mass is 10.1. The third-order valence-corrected chi connectivity index (χ3v) is 4.81. The van der Waals surface area contributed by atoms with Crippen LogP contribution in [0.2, 0.25) is 0 Å². The SMILES string of the molecule is Cc1cn(-c2ccccc2)nc1O[C@@H](C)C(=O)NC[C@@H](c1ccccc1)N(C)C. The van der Waals surface area contributed by atoms with Crippen LogP contribution in [0.4, 0.5) is 0 Å². The van der Waals surface area contributed by atoms with Crippen molar-refractivity contribution in [2.24, 2.45) is 0 Å². The number of amides is 1. The molecule has 0 aliphatic carbocycles. The van der Waals surface area contributed by atoms with E-state index in [1.54, 1.807) is 11.6 Å². The third-order valence-electron chi connectivity index (χ3n) is 4.81. The molecule has 0 fully saturated rings. The fourth-order valence-corrected chi connectivity index (χ4v) is 3.11. The van der Waals surface area contributed by atoms with Gasteiger partial charge in [-0.1, -0.05) is 48.5 Å². The number of nitrogens with zero attached hydrogens (tertiary/aromatic N) is 3. The normalized spacial score (nSPS) is 13.1. The first-order chi connectivity index (χ1) is 14.0. The molecule has 3 aromatic rings. The number of aromatic nitrogens is 2. The first kappa shape index (κ1) is 20.6. The van der Waals surface area contributed by atoms with Gasteiger partial charge in [0.25, 0.3) is 5.91 Å². The van der Waals surface area contributed by atoms with Crippen LogP contribution >= 0.6 is 0 Å². The van der Waals surface area contributed by atoms with Crippen molar-refractivity contribution in [3.63, 3.8) is 0 Å². The summed E-state index contributed by atoms with van der Waals surface area (Å²) >= 11 is 0. The molecule has 6 nitrogen and oxygen atoms in total. The van der Waals surface area contributed by atoms with Gasteiger partial charge in [0, 0.05) is 18.3 Å². The first-order valence-corrected chi connectivity index (χ1v) is 9.73. The summed E-state index contributed by atoms with van der Waals surface area (Å²) < 4.78 is 7.61. The molecule has 6 heteroatoms. The van der Waals surface area contributed by atoms with Crippen molar-refractivity contribution in [3.8, 4) is 11.6 Å². The van der Waals surface area contributed by atoms with Crippen LogP contribution in [-0.2, 0) is 4.79 Å². The molecular weight excluding hydrogens is 364 g/mol. The number of aryl methyl sites for hydroxylation is 1. The van der Waals surface area contributed by atoms with Gasteiger partial charge in [0.15, 0.2) is 6.10 Å². The lowest BCUT2D eigenvalue weighted by molar-refractivity contribution is -0.127. The fraction of sp³-hybridized carbons (Fsp3) is 0.304. The summed E-state index contributed by atoms with van der Waals surface area (Å²) in [6.45, 7) is 4.16. The highest BCUT2D eigenvalue weighted by Crippen LogP contribution is 2.20. The predicted octanol–water partition coefficient (Wildman–Crippen LogP) is 3.37. The van der Waals surface area contributed by atoms with E-state index in [-0.39, 0.29) is 11.9 Å². The summed E-state index contributed by atoms with van der Waals surface area (Å²) in [4.78, 5) is 14.7. The van der Waals surface area contributed by atoms with Gasteiger partial charge >= 0.3 is 0 Å². The topological polar surface area (TPSA) is 59.4 Å². The van der Waals surface area contributed by atoms with Crippen LogP contribution in [0, 0.1) is 6.92 Å². The second-order valence-electron chi connectivity index (χ2n) is 7.29. The van der Waals surface area contributed by atoms with Crippen molar-refractivity contribution in [2.45, 2.75) is 26.0 Å². The Morgan fingerprint density at radius 1 is 1.10 bits per heavy atom. The Labute approximate surface area is 172 Å². The highest BCUT2D eigenvalue weighted by Gasteiger charge is 2.20. The Kier molecular flexibility index (Phi) is 6.67. The number of para-hydroxylation sites is 1. The van der Waals surface area contributed by atoms with Gasteiger partial charge in [0.1, 0.15) is 0 Å². The van der Waals surface area contributed by atoms with Crippen molar-refractivity contribution in [2.75, 3.05) is 20.6 Å². The molecule has 1 heterocycles. The zero-order valence-electron chi connectivity index (χ0n) is 17.4. The average Bonchev–Trinajstić information content (AvgIpc) is 3.09. The summed E-state index contributed by atoms with van der Waals surface area (Å²) in [6.07, 6.45) is 1.25. The van der Waals surface area contributed by atoms with E-state index in [2.05, 4.69) is 27.4 Å². The average molecular weight is 393 g/mol. The molecule has 29 heavy (non-hydrogen) atoms. The minimum atomic E-state index is -0.647. The first-order valence-electron chi connectivity index (χ1n) is 9.73. The molecule has 1 amide bonds. The van der Waals surface area contributed by atoms with Crippen LogP contribution in [0.3, 0.4) is 0 Å². The zero-order valence-corrected chi connectivity index (χ0v) is 17.4. The molecular formula is C23H28N4O2. The van der Waals surface area contributed by atoms with E-state index >= 15 is 0 Å². The van der Waals surface area contributed by atoms with Crippen molar-refractivity contribution in [1.82, 2.24) is 20.0 Å². The molecule has 0 radical (unpaired) electrons. The van der Waals surface area contributed by atoms with Crippen molar-refractivity contribution in [1.29, 1.82) is 0 Å². The van der Waals surface area contributed by atoms with Gasteiger partial charge in [0.05, 0.1) is 11.7 Å². The maximum Gasteiger partial charge on any atom is 0.260 e. The molecule has 0 saturated carbocycles. The van der Waals surface area contributed by atoms with Crippen LogP contribution in [0.5, 0.6) is 5.88 Å². The van der Waals surface area contributed by atoms with E-state index in [1.807, 2.05) is 75.7 Å². The molecule has 1 aromatic heterocycles. The summed E-state index contributed by atoms with van der Waals surface area (Å²) in [5, 5.41) is 7.48. The predicted molar refractivity (Wildman–Crippen MR) is 114 cm³/mol. The Bertz CT molecular complexity index is 923. The summed E-state index contributed by atoms with van der Waals surface area (Å²) in [5.41, 5.74) is 2.98. The van der Waals surface area contributed by atoms with E-state index in [9.17, 15) is 4.79 Å². The quantitative estimate of drug-likeness (QED) is 0.639. The standard InChI is InChI=1S/C23H28N4O2/c1-17-16-27(20-13-9-6-10-14-20)25-23(17)29-18(2)22(28)24-15-21(26(3)4)19-11-7-5-8-12-19/h5-14,16,18,21H,15H2,1-4H3,(H,24,28)/t18-,21-/m0/s1.